The first-order chi connectivity index (χ1) is 8.69. The van der Waals surface area contributed by atoms with Crippen LogP contribution in [0.15, 0.2) is 29.2 Å². The highest BCUT2D eigenvalue weighted by atomic mass is 32.2. The minimum Gasteiger partial charge on any atom is -0.310 e. The van der Waals surface area contributed by atoms with Crippen molar-refractivity contribution in [3.05, 3.63) is 29.8 Å². The van der Waals surface area contributed by atoms with Gasteiger partial charge in [0.25, 0.3) is 0 Å². The summed E-state index contributed by atoms with van der Waals surface area (Å²) in [5.74, 6) is 0.808. The third-order valence-corrected chi connectivity index (χ3v) is 4.05. The molecule has 0 radical (unpaired) electrons. The maximum absolute atomic E-state index is 3.63. The summed E-state index contributed by atoms with van der Waals surface area (Å²) in [7, 11) is 0. The van der Waals surface area contributed by atoms with E-state index >= 15 is 0 Å². The summed E-state index contributed by atoms with van der Waals surface area (Å²) in [5, 5.41) is 3.63. The zero-order valence-corrected chi connectivity index (χ0v) is 13.0. The number of hydrogen-bond acceptors (Lipinski definition) is 2. The number of hydrogen-bond donors (Lipinski definition) is 1. The molecular formula is C16H27NS. The van der Waals surface area contributed by atoms with Crippen LogP contribution in [0.1, 0.15) is 51.6 Å². The number of benzene rings is 1. The SMILES string of the molecule is CCNC(CCCC(C)C)c1ccccc1SC. The zero-order valence-electron chi connectivity index (χ0n) is 12.2. The van der Waals surface area contributed by atoms with Crippen molar-refractivity contribution in [1.29, 1.82) is 0 Å². The Morgan fingerprint density at radius 2 is 1.89 bits per heavy atom. The van der Waals surface area contributed by atoms with Gasteiger partial charge in [0.05, 0.1) is 0 Å². The highest BCUT2D eigenvalue weighted by Gasteiger charge is 2.13. The van der Waals surface area contributed by atoms with Gasteiger partial charge in [-0.15, -0.1) is 11.8 Å². The van der Waals surface area contributed by atoms with Crippen LogP contribution in [0, 0.1) is 5.92 Å². The van der Waals surface area contributed by atoms with Gasteiger partial charge in [-0.05, 0) is 36.8 Å². The van der Waals surface area contributed by atoms with E-state index in [1.54, 1.807) is 0 Å². The standard InChI is InChI=1S/C16H27NS/c1-5-17-15(11-8-9-13(2)3)14-10-6-7-12-16(14)18-4/h6-7,10,12-13,15,17H,5,8-9,11H2,1-4H3. The molecule has 0 amide bonds. The molecule has 0 saturated carbocycles. The second-order valence-electron chi connectivity index (χ2n) is 5.18. The van der Waals surface area contributed by atoms with Gasteiger partial charge in [0, 0.05) is 10.9 Å². The smallest absolute Gasteiger partial charge is 0.0331 e. The zero-order chi connectivity index (χ0) is 13.4. The van der Waals surface area contributed by atoms with Crippen molar-refractivity contribution < 1.29 is 0 Å². The molecule has 1 unspecified atom stereocenters. The predicted molar refractivity (Wildman–Crippen MR) is 83.3 cm³/mol. The van der Waals surface area contributed by atoms with E-state index in [1.807, 2.05) is 11.8 Å². The summed E-state index contributed by atoms with van der Waals surface area (Å²) in [6.07, 6.45) is 6.03. The highest BCUT2D eigenvalue weighted by Crippen LogP contribution is 2.29. The summed E-state index contributed by atoms with van der Waals surface area (Å²) in [6, 6.07) is 9.30. The average molecular weight is 265 g/mol. The third kappa shape index (κ3) is 5.03. The molecule has 0 aliphatic rings. The molecule has 1 nitrogen and oxygen atoms in total. The Bertz CT molecular complexity index is 336. The van der Waals surface area contributed by atoms with E-state index in [0.29, 0.717) is 6.04 Å². The molecule has 2 heteroatoms. The van der Waals surface area contributed by atoms with Crippen LogP contribution in [0.4, 0.5) is 0 Å². The number of rotatable bonds is 8. The maximum Gasteiger partial charge on any atom is 0.0331 e. The van der Waals surface area contributed by atoms with Crippen LogP contribution in [0.2, 0.25) is 0 Å². The molecule has 1 aromatic rings. The first-order valence-corrected chi connectivity index (χ1v) is 8.27. The minimum atomic E-state index is 0.511. The van der Waals surface area contributed by atoms with Gasteiger partial charge in [-0.3, -0.25) is 0 Å². The van der Waals surface area contributed by atoms with E-state index in [9.17, 15) is 0 Å². The van der Waals surface area contributed by atoms with Gasteiger partial charge in [-0.2, -0.15) is 0 Å². The molecule has 18 heavy (non-hydrogen) atoms. The summed E-state index contributed by atoms with van der Waals surface area (Å²) in [4.78, 5) is 1.41. The van der Waals surface area contributed by atoms with Crippen LogP contribution in [0.5, 0.6) is 0 Å². The van der Waals surface area contributed by atoms with Crippen LogP contribution in [0.3, 0.4) is 0 Å². The van der Waals surface area contributed by atoms with Gasteiger partial charge in [-0.25, -0.2) is 0 Å². The molecule has 0 fully saturated rings. The number of nitrogens with one attached hydrogen (secondary N) is 1. The summed E-state index contributed by atoms with van der Waals surface area (Å²) in [6.45, 7) is 7.84. The molecule has 0 aliphatic heterocycles. The largest absolute Gasteiger partial charge is 0.310 e. The molecular weight excluding hydrogens is 238 g/mol. The lowest BCUT2D eigenvalue weighted by Crippen LogP contribution is -2.21. The van der Waals surface area contributed by atoms with Crippen LogP contribution < -0.4 is 5.32 Å². The van der Waals surface area contributed by atoms with Crippen LogP contribution >= 0.6 is 11.8 Å². The first-order valence-electron chi connectivity index (χ1n) is 7.05. The van der Waals surface area contributed by atoms with Crippen molar-refractivity contribution in [2.45, 2.75) is 51.0 Å². The Kier molecular flexibility index (Phi) is 7.45. The third-order valence-electron chi connectivity index (χ3n) is 3.24. The number of thioether (sulfide) groups is 1. The molecule has 1 aromatic carbocycles. The predicted octanol–water partition coefficient (Wildman–Crippen LogP) is 4.89. The van der Waals surface area contributed by atoms with Crippen molar-refractivity contribution in [2.24, 2.45) is 5.92 Å². The summed E-state index contributed by atoms with van der Waals surface area (Å²) in [5.41, 5.74) is 1.47. The molecule has 0 aromatic heterocycles. The van der Waals surface area contributed by atoms with E-state index in [2.05, 4.69) is 56.6 Å². The maximum atomic E-state index is 3.63. The topological polar surface area (TPSA) is 12.0 Å². The van der Waals surface area contributed by atoms with Crippen molar-refractivity contribution in [1.82, 2.24) is 5.32 Å². The van der Waals surface area contributed by atoms with Crippen molar-refractivity contribution in [2.75, 3.05) is 12.8 Å². The lowest BCUT2D eigenvalue weighted by atomic mass is 9.98. The van der Waals surface area contributed by atoms with Crippen molar-refractivity contribution >= 4 is 11.8 Å². The van der Waals surface area contributed by atoms with Crippen LogP contribution in [0.25, 0.3) is 0 Å². The Balaban J connectivity index is 2.70. The molecule has 102 valence electrons. The van der Waals surface area contributed by atoms with E-state index in [4.69, 9.17) is 0 Å². The highest BCUT2D eigenvalue weighted by molar-refractivity contribution is 7.98. The molecule has 1 N–H and O–H groups in total. The van der Waals surface area contributed by atoms with E-state index in [1.165, 1.54) is 29.7 Å². The first kappa shape index (κ1) is 15.6. The van der Waals surface area contributed by atoms with Gasteiger partial charge in [-0.1, -0.05) is 51.8 Å². The van der Waals surface area contributed by atoms with E-state index in [0.717, 1.165) is 12.5 Å². The molecule has 1 rings (SSSR count). The Morgan fingerprint density at radius 1 is 1.17 bits per heavy atom. The van der Waals surface area contributed by atoms with E-state index < -0.39 is 0 Å². The second kappa shape index (κ2) is 8.60. The van der Waals surface area contributed by atoms with Gasteiger partial charge >= 0.3 is 0 Å². The molecule has 0 heterocycles. The van der Waals surface area contributed by atoms with Crippen LogP contribution in [-0.4, -0.2) is 12.8 Å². The second-order valence-corrected chi connectivity index (χ2v) is 6.03. The monoisotopic (exact) mass is 265 g/mol. The average Bonchev–Trinajstić information content (AvgIpc) is 2.37. The normalized spacial score (nSPS) is 12.9. The Labute approximate surface area is 117 Å². The molecule has 0 aliphatic carbocycles. The summed E-state index contributed by atoms with van der Waals surface area (Å²) < 4.78 is 0. The molecule has 0 spiro atoms. The molecule has 0 saturated heterocycles. The van der Waals surface area contributed by atoms with Gasteiger partial charge in [0.15, 0.2) is 0 Å². The Hall–Kier alpha value is -0.470. The molecule has 1 atom stereocenters. The van der Waals surface area contributed by atoms with Crippen molar-refractivity contribution in [3.8, 4) is 0 Å². The lowest BCUT2D eigenvalue weighted by Gasteiger charge is -2.21. The van der Waals surface area contributed by atoms with Gasteiger partial charge < -0.3 is 5.32 Å². The Morgan fingerprint density at radius 3 is 2.50 bits per heavy atom. The van der Waals surface area contributed by atoms with E-state index in [-0.39, 0.29) is 0 Å². The lowest BCUT2D eigenvalue weighted by molar-refractivity contribution is 0.451. The van der Waals surface area contributed by atoms with Crippen LogP contribution in [-0.2, 0) is 0 Å². The fraction of sp³-hybridized carbons (Fsp3) is 0.625. The van der Waals surface area contributed by atoms with Gasteiger partial charge in [0.2, 0.25) is 0 Å². The van der Waals surface area contributed by atoms with Crippen molar-refractivity contribution in [3.63, 3.8) is 0 Å². The fourth-order valence-corrected chi connectivity index (χ4v) is 2.96. The quantitative estimate of drug-likeness (QED) is 0.672. The van der Waals surface area contributed by atoms with Gasteiger partial charge in [0.1, 0.15) is 0 Å². The fourth-order valence-electron chi connectivity index (χ4n) is 2.30. The summed E-state index contributed by atoms with van der Waals surface area (Å²) >= 11 is 1.85. The minimum absolute atomic E-state index is 0.511. The molecule has 0 bridgehead atoms.